The van der Waals surface area contributed by atoms with Crippen LogP contribution >= 0.6 is 0 Å². The number of carbonyl (C=O) groups is 10. The van der Waals surface area contributed by atoms with Gasteiger partial charge in [-0.05, 0) is 108 Å². The van der Waals surface area contributed by atoms with Crippen molar-refractivity contribution in [3.8, 4) is 0 Å². The molecule has 0 saturated heterocycles. The maximum Gasteiger partial charge on any atom is 0.308 e. The molecular formula is C58H97FN6O18. The van der Waals surface area contributed by atoms with Crippen LogP contribution < -0.4 is 16.0 Å². The number of carbonyl (C=O) groups excluding carboxylic acids is 10. The predicted octanol–water partition coefficient (Wildman–Crippen LogP) is 5.05. The number of rotatable bonds is 41. The molecule has 0 fully saturated rings. The minimum Gasteiger partial charge on any atom is -0.460 e. The lowest BCUT2D eigenvalue weighted by Crippen LogP contribution is -2.49. The lowest BCUT2D eigenvalue weighted by molar-refractivity contribution is -0.158. The van der Waals surface area contributed by atoms with Crippen molar-refractivity contribution < 1.29 is 90.2 Å². The third-order valence-corrected chi connectivity index (χ3v) is 11.5. The number of ketones is 3. The number of hydrogen-bond donors (Lipinski definition) is 3. The van der Waals surface area contributed by atoms with Gasteiger partial charge < -0.3 is 53.8 Å². The Labute approximate surface area is 489 Å². The number of Topliss-reactive ketones (excluding diaryl/α,β-unsaturated/α-hetero) is 3. The third kappa shape index (κ3) is 37.2. The van der Waals surface area contributed by atoms with Gasteiger partial charge in [0.05, 0.1) is 102 Å². The second-order valence-electron chi connectivity index (χ2n) is 24.6. The number of alkyl halides is 1. The largest absolute Gasteiger partial charge is 0.460 e. The van der Waals surface area contributed by atoms with Crippen molar-refractivity contribution in [1.29, 1.82) is 0 Å². The average Bonchev–Trinajstić information content (AvgIpc) is 3.96. The topological polar surface area (TPSA) is 311 Å². The first-order chi connectivity index (χ1) is 38.5. The first-order valence-corrected chi connectivity index (χ1v) is 28.6. The fourth-order valence-electron chi connectivity index (χ4n) is 7.73. The van der Waals surface area contributed by atoms with Crippen LogP contribution in [0.2, 0.25) is 0 Å². The number of hydrogen-bond acceptors (Lipinski definition) is 20. The number of nitrogens with one attached hydrogen (secondary N) is 3. The number of halogens is 1. The first kappa shape index (κ1) is 75.2. The van der Waals surface area contributed by atoms with Crippen molar-refractivity contribution >= 4 is 58.9 Å². The van der Waals surface area contributed by atoms with Gasteiger partial charge in [-0.1, -0.05) is 26.0 Å². The highest BCUT2D eigenvalue weighted by Gasteiger charge is 2.37. The summed E-state index contributed by atoms with van der Waals surface area (Å²) >= 11 is 0. The molecule has 0 unspecified atom stereocenters. The van der Waals surface area contributed by atoms with E-state index in [1.54, 1.807) is 96.9 Å². The Hall–Kier alpha value is -5.79. The summed E-state index contributed by atoms with van der Waals surface area (Å²) in [5, 5.41) is 15.8. The zero-order valence-electron chi connectivity index (χ0n) is 52.0. The van der Waals surface area contributed by atoms with Crippen molar-refractivity contribution in [2.75, 3.05) is 66.1 Å². The van der Waals surface area contributed by atoms with E-state index in [1.165, 1.54) is 17.8 Å². The van der Waals surface area contributed by atoms with Gasteiger partial charge in [0.2, 0.25) is 17.7 Å². The standard InChI is InChI=1S/C58H97FN6O18/c1-38(2)43(34-47(68)44(18-19-48(69)80-55(4,5)6)61-53(74)40(33-50(71)82-57(10,11)12)32-42(66)37-65-36-41(63-64-65)17-16-21-59)54(75)62-45(35-51(72)83-58(13,14)15)46(67)31-39(3)52(73)60-22-24-77-26-28-79-30-29-78-27-25-76-23-20-49(70)81-56(7,8)9/h36,38-40,43-45H,16-35,37H2,1-15H3,(H,60,73)(H,61,74)(H,62,75)/t39-,40+,43+,44+,45+/m1/s1. The SMILES string of the molecule is CC(C)[C@H](CC(=O)[C@H](CCC(=O)OC(C)(C)C)NC(=O)[C@@H](CC(=O)Cn1cc(CCCF)nn1)CC(=O)OC(C)(C)C)C(=O)N[C@@H](CC(=O)OC(C)(C)C)C(=O)C[C@@H](C)C(=O)NCCOCCOCCOCCOCCC(=O)OC(C)(C)C. The van der Waals surface area contributed by atoms with Crippen molar-refractivity contribution in [1.82, 2.24) is 30.9 Å². The molecule has 0 aromatic carbocycles. The van der Waals surface area contributed by atoms with E-state index in [0.717, 1.165) is 0 Å². The van der Waals surface area contributed by atoms with Crippen LogP contribution in [0.3, 0.4) is 0 Å². The molecule has 0 aliphatic heterocycles. The molecule has 25 heteroatoms. The van der Waals surface area contributed by atoms with Crippen LogP contribution in [0.1, 0.15) is 167 Å². The van der Waals surface area contributed by atoms with Crippen LogP contribution in [0.4, 0.5) is 4.39 Å². The van der Waals surface area contributed by atoms with Crippen molar-refractivity contribution in [3.05, 3.63) is 11.9 Å². The van der Waals surface area contributed by atoms with Crippen LogP contribution in [0, 0.1) is 23.7 Å². The summed E-state index contributed by atoms with van der Waals surface area (Å²) in [6.07, 6.45) is -1.19. The van der Waals surface area contributed by atoms with Gasteiger partial charge >= 0.3 is 23.9 Å². The van der Waals surface area contributed by atoms with E-state index >= 15 is 0 Å². The van der Waals surface area contributed by atoms with Crippen LogP contribution in [0.5, 0.6) is 0 Å². The molecule has 0 aliphatic rings. The number of amides is 3. The highest BCUT2D eigenvalue weighted by atomic mass is 19.1. The molecule has 3 amide bonds. The zero-order valence-corrected chi connectivity index (χ0v) is 52.0. The molecule has 1 aromatic heterocycles. The molecule has 1 aromatic rings. The molecule has 474 valence electrons. The van der Waals surface area contributed by atoms with E-state index in [4.69, 9.17) is 37.9 Å². The summed E-state index contributed by atoms with van der Waals surface area (Å²) in [4.78, 5) is 135. The van der Waals surface area contributed by atoms with Gasteiger partial charge in [0, 0.05) is 50.3 Å². The highest BCUT2D eigenvalue weighted by molar-refractivity contribution is 5.98. The fourth-order valence-corrected chi connectivity index (χ4v) is 7.73. The van der Waals surface area contributed by atoms with Crippen molar-refractivity contribution in [2.24, 2.45) is 23.7 Å². The first-order valence-electron chi connectivity index (χ1n) is 28.6. The third-order valence-electron chi connectivity index (χ3n) is 11.5. The molecule has 1 heterocycles. The van der Waals surface area contributed by atoms with Crippen LogP contribution in [0.15, 0.2) is 6.20 Å². The second kappa shape index (κ2) is 37.5. The van der Waals surface area contributed by atoms with Gasteiger partial charge in [0.25, 0.3) is 0 Å². The van der Waals surface area contributed by atoms with E-state index in [-0.39, 0.29) is 77.6 Å². The molecule has 1 rings (SSSR count). The Bertz CT molecular complexity index is 2230. The van der Waals surface area contributed by atoms with E-state index in [0.29, 0.717) is 32.1 Å². The Morgan fingerprint density at radius 3 is 1.53 bits per heavy atom. The summed E-state index contributed by atoms with van der Waals surface area (Å²) < 4.78 is 57.5. The smallest absolute Gasteiger partial charge is 0.308 e. The maximum absolute atomic E-state index is 14.5. The molecule has 0 saturated carbocycles. The van der Waals surface area contributed by atoms with Crippen molar-refractivity contribution in [3.63, 3.8) is 0 Å². The number of aromatic nitrogens is 3. The maximum atomic E-state index is 14.5. The minimum atomic E-state index is -1.49. The molecule has 0 aliphatic carbocycles. The zero-order chi connectivity index (χ0) is 63.1. The van der Waals surface area contributed by atoms with E-state index in [9.17, 15) is 52.3 Å². The van der Waals surface area contributed by atoms with Gasteiger partial charge in [-0.2, -0.15) is 0 Å². The molecule has 5 atom stereocenters. The van der Waals surface area contributed by atoms with Crippen molar-refractivity contribution in [2.45, 2.75) is 209 Å². The molecule has 0 bridgehead atoms. The average molecular weight is 1190 g/mol. The van der Waals surface area contributed by atoms with E-state index in [2.05, 4.69) is 26.3 Å². The lowest BCUT2D eigenvalue weighted by atomic mass is 9.86. The molecule has 0 radical (unpaired) electrons. The van der Waals surface area contributed by atoms with Crippen LogP contribution in [-0.2, 0) is 98.8 Å². The quantitative estimate of drug-likeness (QED) is 0.0439. The predicted molar refractivity (Wildman–Crippen MR) is 301 cm³/mol. The lowest BCUT2D eigenvalue weighted by Gasteiger charge is -2.27. The Balaban J connectivity index is 3.13. The monoisotopic (exact) mass is 1180 g/mol. The van der Waals surface area contributed by atoms with Gasteiger partial charge in [0.1, 0.15) is 28.9 Å². The van der Waals surface area contributed by atoms with Crippen LogP contribution in [0.25, 0.3) is 0 Å². The molecule has 24 nitrogen and oxygen atoms in total. The van der Waals surface area contributed by atoms with Gasteiger partial charge in [-0.15, -0.1) is 5.10 Å². The summed E-state index contributed by atoms with van der Waals surface area (Å²) in [5.41, 5.74) is -2.92. The Kier molecular flexibility index (Phi) is 34.0. The molecule has 0 spiro atoms. The van der Waals surface area contributed by atoms with Gasteiger partial charge in [-0.3, -0.25) is 52.3 Å². The molecule has 83 heavy (non-hydrogen) atoms. The number of nitrogens with zero attached hydrogens (tertiary/aromatic N) is 3. The minimum absolute atomic E-state index is 0.104. The highest BCUT2D eigenvalue weighted by Crippen LogP contribution is 2.23. The fraction of sp³-hybridized carbons (Fsp3) is 0.793. The van der Waals surface area contributed by atoms with E-state index < -0.39 is 150 Å². The Morgan fingerprint density at radius 1 is 0.542 bits per heavy atom. The molecule has 3 N–H and O–H groups in total. The van der Waals surface area contributed by atoms with E-state index in [1.807, 2.05) is 0 Å². The second-order valence-corrected chi connectivity index (χ2v) is 24.6. The normalized spacial score (nSPS) is 13.9. The van der Waals surface area contributed by atoms with Gasteiger partial charge in [0.15, 0.2) is 17.3 Å². The Morgan fingerprint density at radius 2 is 1.01 bits per heavy atom. The van der Waals surface area contributed by atoms with Gasteiger partial charge in [-0.25, -0.2) is 4.68 Å². The summed E-state index contributed by atoms with van der Waals surface area (Å²) in [6, 6.07) is -2.95. The number of aryl methyl sites for hydroxylation is 1. The number of ether oxygens (including phenoxy) is 8. The summed E-state index contributed by atoms with van der Waals surface area (Å²) in [5.74, 6) is -10.8. The summed E-state index contributed by atoms with van der Waals surface area (Å²) in [6.45, 7) is 26.2. The summed E-state index contributed by atoms with van der Waals surface area (Å²) in [7, 11) is 0. The molecular weight excluding hydrogens is 1090 g/mol. The van der Waals surface area contributed by atoms with Crippen LogP contribution in [-0.4, -0.2) is 175 Å². The number of esters is 4.